The van der Waals surface area contributed by atoms with Gasteiger partial charge in [0.05, 0.1) is 17.6 Å². The first kappa shape index (κ1) is 12.3. The average molecular weight is 276 g/mol. The highest BCUT2D eigenvalue weighted by atomic mass is 15.4. The van der Waals surface area contributed by atoms with E-state index in [2.05, 4.69) is 69.8 Å². The van der Waals surface area contributed by atoms with Crippen LogP contribution in [0.15, 0.2) is 60.8 Å². The number of rotatable bonds is 2. The summed E-state index contributed by atoms with van der Waals surface area (Å²) in [5.41, 5.74) is 4.89. The van der Waals surface area contributed by atoms with Crippen LogP contribution in [-0.2, 0) is 19.6 Å². The molecule has 1 aliphatic rings. The fraction of sp³-hybridized carbons (Fsp3) is 0.176. The molecule has 0 atom stereocenters. The summed E-state index contributed by atoms with van der Waals surface area (Å²) >= 11 is 0. The van der Waals surface area contributed by atoms with Crippen molar-refractivity contribution in [2.45, 2.75) is 19.6 Å². The van der Waals surface area contributed by atoms with Crippen molar-refractivity contribution in [3.8, 4) is 5.69 Å². The molecule has 3 aromatic rings. The number of aromatic nitrogens is 3. The van der Waals surface area contributed by atoms with Crippen LogP contribution in [0.5, 0.6) is 0 Å². The largest absolute Gasteiger partial charge is 0.289 e. The van der Waals surface area contributed by atoms with E-state index >= 15 is 0 Å². The van der Waals surface area contributed by atoms with E-state index < -0.39 is 0 Å². The van der Waals surface area contributed by atoms with Crippen LogP contribution in [0.3, 0.4) is 0 Å². The molecule has 4 heteroatoms. The van der Waals surface area contributed by atoms with Gasteiger partial charge in [-0.3, -0.25) is 4.90 Å². The van der Waals surface area contributed by atoms with Gasteiger partial charge in [-0.15, -0.1) is 5.10 Å². The van der Waals surface area contributed by atoms with Crippen LogP contribution in [0.1, 0.15) is 16.8 Å². The van der Waals surface area contributed by atoms with Gasteiger partial charge in [0.2, 0.25) is 0 Å². The predicted octanol–water partition coefficient (Wildman–Crippen LogP) is 2.78. The molecule has 104 valence electrons. The molecule has 0 unspecified atom stereocenters. The second-order valence-corrected chi connectivity index (χ2v) is 5.40. The van der Waals surface area contributed by atoms with E-state index in [1.54, 1.807) is 0 Å². The Morgan fingerprint density at radius 3 is 2.62 bits per heavy atom. The van der Waals surface area contributed by atoms with Crippen LogP contribution >= 0.6 is 0 Å². The zero-order valence-electron chi connectivity index (χ0n) is 11.7. The van der Waals surface area contributed by atoms with E-state index in [1.165, 1.54) is 11.1 Å². The summed E-state index contributed by atoms with van der Waals surface area (Å²) in [6.45, 7) is 2.71. The lowest BCUT2D eigenvalue weighted by molar-refractivity contribution is 0.248. The van der Waals surface area contributed by atoms with Crippen LogP contribution in [0.4, 0.5) is 0 Å². The summed E-state index contributed by atoms with van der Waals surface area (Å²) in [5, 5.41) is 8.31. The first-order chi connectivity index (χ1) is 10.4. The smallest absolute Gasteiger partial charge is 0.0786 e. The van der Waals surface area contributed by atoms with Crippen molar-refractivity contribution in [1.82, 2.24) is 19.9 Å². The summed E-state index contributed by atoms with van der Waals surface area (Å²) in [6, 6.07) is 19.0. The molecule has 0 amide bonds. The molecule has 1 aromatic heterocycles. The van der Waals surface area contributed by atoms with Crippen LogP contribution < -0.4 is 0 Å². The molecule has 0 saturated heterocycles. The predicted molar refractivity (Wildman–Crippen MR) is 80.8 cm³/mol. The van der Waals surface area contributed by atoms with Gasteiger partial charge in [0.25, 0.3) is 0 Å². The normalized spacial score (nSPS) is 14.3. The maximum atomic E-state index is 4.24. The lowest BCUT2D eigenvalue weighted by atomic mass is 10.1. The molecule has 4 rings (SSSR count). The lowest BCUT2D eigenvalue weighted by Crippen LogP contribution is -2.21. The number of para-hydroxylation sites is 1. The second kappa shape index (κ2) is 5.14. The highest BCUT2D eigenvalue weighted by Gasteiger charge is 2.19. The second-order valence-electron chi connectivity index (χ2n) is 5.40. The number of nitrogens with zero attached hydrogens (tertiary/aromatic N) is 4. The van der Waals surface area contributed by atoms with Crippen molar-refractivity contribution in [2.75, 3.05) is 0 Å². The Labute approximate surface area is 123 Å². The quantitative estimate of drug-likeness (QED) is 0.721. The number of hydrogen-bond donors (Lipinski definition) is 0. The Balaban J connectivity index is 1.71. The summed E-state index contributed by atoms with van der Waals surface area (Å²) in [7, 11) is 0. The van der Waals surface area contributed by atoms with Gasteiger partial charge in [0.15, 0.2) is 0 Å². The number of fused-ring (bicyclic) bond motifs is 3. The van der Waals surface area contributed by atoms with E-state index in [4.69, 9.17) is 0 Å². The van der Waals surface area contributed by atoms with Gasteiger partial charge in [-0.25, -0.2) is 4.68 Å². The van der Waals surface area contributed by atoms with E-state index in [1.807, 2.05) is 10.9 Å². The molecule has 2 aromatic carbocycles. The third kappa shape index (κ3) is 2.34. The third-order valence-corrected chi connectivity index (χ3v) is 3.87. The monoisotopic (exact) mass is 276 g/mol. The first-order valence-corrected chi connectivity index (χ1v) is 7.14. The molecule has 0 bridgehead atoms. The minimum Gasteiger partial charge on any atom is -0.289 e. The molecule has 0 aliphatic carbocycles. The number of hydrogen-bond acceptors (Lipinski definition) is 3. The summed E-state index contributed by atoms with van der Waals surface area (Å²) in [6.07, 6.45) is 1.86. The fourth-order valence-electron chi connectivity index (χ4n) is 2.90. The molecule has 0 spiro atoms. The van der Waals surface area contributed by atoms with Gasteiger partial charge in [-0.2, -0.15) is 0 Å². The molecule has 0 saturated carbocycles. The lowest BCUT2D eigenvalue weighted by Gasteiger charge is -2.20. The van der Waals surface area contributed by atoms with Crippen LogP contribution in [-0.4, -0.2) is 19.9 Å². The van der Waals surface area contributed by atoms with Crippen molar-refractivity contribution >= 4 is 0 Å². The van der Waals surface area contributed by atoms with Crippen LogP contribution in [0, 0.1) is 0 Å². The Morgan fingerprint density at radius 1 is 0.905 bits per heavy atom. The van der Waals surface area contributed by atoms with Crippen LogP contribution in [0.2, 0.25) is 0 Å². The van der Waals surface area contributed by atoms with Crippen molar-refractivity contribution in [2.24, 2.45) is 0 Å². The van der Waals surface area contributed by atoms with E-state index in [-0.39, 0.29) is 0 Å². The van der Waals surface area contributed by atoms with Gasteiger partial charge in [-0.05, 0) is 17.2 Å². The minimum absolute atomic E-state index is 0.858. The molecule has 1 aliphatic heterocycles. The topological polar surface area (TPSA) is 34.0 Å². The Hall–Kier alpha value is -2.46. The van der Waals surface area contributed by atoms with Gasteiger partial charge in [-0.1, -0.05) is 53.7 Å². The fourth-order valence-corrected chi connectivity index (χ4v) is 2.90. The van der Waals surface area contributed by atoms with Gasteiger partial charge in [0, 0.05) is 19.6 Å². The highest BCUT2D eigenvalue weighted by molar-refractivity contribution is 5.42. The third-order valence-electron chi connectivity index (χ3n) is 3.87. The Bertz CT molecular complexity index is 748. The molecule has 0 N–H and O–H groups in total. The Kier molecular flexibility index (Phi) is 3.01. The maximum Gasteiger partial charge on any atom is 0.0786 e. The zero-order valence-corrected chi connectivity index (χ0v) is 11.7. The van der Waals surface area contributed by atoms with Crippen molar-refractivity contribution in [3.05, 3.63) is 77.6 Å². The van der Waals surface area contributed by atoms with Crippen molar-refractivity contribution in [3.63, 3.8) is 0 Å². The molecule has 0 fully saturated rings. The standard InChI is InChI=1S/C17H16N4/c1-2-6-14(7-3-1)11-20-12-15-8-4-5-9-17(15)21-16(13-20)10-18-19-21/h1-10H,11-13H2. The summed E-state index contributed by atoms with van der Waals surface area (Å²) in [4.78, 5) is 2.43. The molecule has 0 radical (unpaired) electrons. The minimum atomic E-state index is 0.858. The molecule has 4 nitrogen and oxygen atoms in total. The molecule has 21 heavy (non-hydrogen) atoms. The summed E-state index contributed by atoms with van der Waals surface area (Å²) in [5.74, 6) is 0. The van der Waals surface area contributed by atoms with E-state index in [0.29, 0.717) is 0 Å². The van der Waals surface area contributed by atoms with E-state index in [0.717, 1.165) is 31.0 Å². The highest BCUT2D eigenvalue weighted by Crippen LogP contribution is 2.23. The van der Waals surface area contributed by atoms with Gasteiger partial charge < -0.3 is 0 Å². The van der Waals surface area contributed by atoms with Crippen molar-refractivity contribution in [1.29, 1.82) is 0 Å². The number of benzene rings is 2. The maximum absolute atomic E-state index is 4.24. The van der Waals surface area contributed by atoms with Crippen LogP contribution in [0.25, 0.3) is 5.69 Å². The van der Waals surface area contributed by atoms with E-state index in [9.17, 15) is 0 Å². The SMILES string of the molecule is c1ccc(CN2Cc3ccccc3-n3nncc3C2)cc1. The molecule has 2 heterocycles. The zero-order chi connectivity index (χ0) is 14.1. The first-order valence-electron chi connectivity index (χ1n) is 7.14. The Morgan fingerprint density at radius 2 is 1.71 bits per heavy atom. The average Bonchev–Trinajstić information content (AvgIpc) is 2.91. The van der Waals surface area contributed by atoms with Gasteiger partial charge >= 0.3 is 0 Å². The van der Waals surface area contributed by atoms with Gasteiger partial charge in [0.1, 0.15) is 0 Å². The molecular formula is C17H16N4. The van der Waals surface area contributed by atoms with Crippen molar-refractivity contribution < 1.29 is 0 Å². The summed E-state index contributed by atoms with van der Waals surface area (Å²) < 4.78 is 1.96. The molecular weight excluding hydrogens is 260 g/mol.